The maximum absolute atomic E-state index is 12.9. The van der Waals surface area contributed by atoms with Gasteiger partial charge in [-0.2, -0.15) is 0 Å². The highest BCUT2D eigenvalue weighted by atomic mass is 19.1. The van der Waals surface area contributed by atoms with Crippen molar-refractivity contribution in [3.8, 4) is 0 Å². The van der Waals surface area contributed by atoms with Crippen LogP contribution in [0.2, 0.25) is 0 Å². The summed E-state index contributed by atoms with van der Waals surface area (Å²) in [5.41, 5.74) is 0.762. The van der Waals surface area contributed by atoms with Crippen LogP contribution in [0.1, 0.15) is 16.2 Å². The Bertz CT molecular complexity index is 481. The van der Waals surface area contributed by atoms with Gasteiger partial charge in [-0.25, -0.2) is 4.39 Å². The molecule has 4 nitrogen and oxygen atoms in total. The first-order valence-electron chi connectivity index (χ1n) is 4.37. The molecule has 0 aliphatic rings. The van der Waals surface area contributed by atoms with Crippen molar-refractivity contribution < 1.29 is 9.18 Å². The molecule has 0 bridgehead atoms. The summed E-state index contributed by atoms with van der Waals surface area (Å²) in [6, 6.07) is 6.18. The molecular weight excluding hydrogens is 197 g/mol. The zero-order chi connectivity index (χ0) is 10.7. The summed E-state index contributed by atoms with van der Waals surface area (Å²) in [5.74, 6) is -0.0625. The Balaban J connectivity index is 2.25. The van der Waals surface area contributed by atoms with Crippen LogP contribution in [0.15, 0.2) is 30.6 Å². The third-order valence-corrected chi connectivity index (χ3v) is 1.99. The van der Waals surface area contributed by atoms with Crippen molar-refractivity contribution in [2.45, 2.75) is 6.54 Å². The molecule has 0 unspecified atom stereocenters. The van der Waals surface area contributed by atoms with E-state index in [4.69, 9.17) is 0 Å². The summed E-state index contributed by atoms with van der Waals surface area (Å²) in [7, 11) is 0. The fourth-order valence-corrected chi connectivity index (χ4v) is 1.31. The summed E-state index contributed by atoms with van der Waals surface area (Å²) >= 11 is 0. The second kappa shape index (κ2) is 4.00. The van der Waals surface area contributed by atoms with Crippen molar-refractivity contribution in [1.29, 1.82) is 0 Å². The number of hydrogen-bond acceptors (Lipinski definition) is 3. The Morgan fingerprint density at radius 3 is 3.07 bits per heavy atom. The number of aldehydes is 1. The minimum atomic E-state index is -0.298. The van der Waals surface area contributed by atoms with Crippen LogP contribution >= 0.6 is 0 Å². The van der Waals surface area contributed by atoms with Gasteiger partial charge in [-0.05, 0) is 17.7 Å². The average molecular weight is 205 g/mol. The Morgan fingerprint density at radius 2 is 2.33 bits per heavy atom. The maximum atomic E-state index is 12.9. The van der Waals surface area contributed by atoms with Crippen molar-refractivity contribution in [3.05, 3.63) is 47.8 Å². The maximum Gasteiger partial charge on any atom is 0.196 e. The van der Waals surface area contributed by atoms with Gasteiger partial charge in [0.2, 0.25) is 0 Å². The molecule has 0 aliphatic heterocycles. The number of benzene rings is 1. The molecule has 76 valence electrons. The molecule has 1 aromatic heterocycles. The predicted molar refractivity (Wildman–Crippen MR) is 50.9 cm³/mol. The summed E-state index contributed by atoms with van der Waals surface area (Å²) in [6.07, 6.45) is 2.06. The molecule has 0 aliphatic carbocycles. The molecule has 0 radical (unpaired) electrons. The second-order valence-electron chi connectivity index (χ2n) is 3.06. The molecule has 0 fully saturated rings. The van der Waals surface area contributed by atoms with Crippen molar-refractivity contribution in [2.75, 3.05) is 0 Å². The monoisotopic (exact) mass is 205 g/mol. The van der Waals surface area contributed by atoms with Crippen LogP contribution < -0.4 is 0 Å². The molecule has 1 aromatic carbocycles. The second-order valence-corrected chi connectivity index (χ2v) is 3.06. The zero-order valence-electron chi connectivity index (χ0n) is 7.80. The SMILES string of the molecule is O=Cc1nncn1Cc1cccc(F)c1. The Kier molecular flexibility index (Phi) is 2.53. The molecule has 2 aromatic rings. The number of halogens is 1. The van der Waals surface area contributed by atoms with Crippen LogP contribution in [-0.4, -0.2) is 21.1 Å². The van der Waals surface area contributed by atoms with Crippen LogP contribution in [0.3, 0.4) is 0 Å². The third-order valence-electron chi connectivity index (χ3n) is 1.99. The molecule has 0 saturated carbocycles. The van der Waals surface area contributed by atoms with Gasteiger partial charge >= 0.3 is 0 Å². The van der Waals surface area contributed by atoms with Crippen molar-refractivity contribution in [3.63, 3.8) is 0 Å². The third kappa shape index (κ3) is 2.07. The largest absolute Gasteiger partial charge is 0.307 e. The standard InChI is InChI=1S/C10H8FN3O/c11-9-3-1-2-8(4-9)5-14-7-12-13-10(14)6-15/h1-4,6-7H,5H2. The lowest BCUT2D eigenvalue weighted by atomic mass is 10.2. The van der Waals surface area contributed by atoms with Gasteiger partial charge in [0.05, 0.1) is 6.54 Å². The summed E-state index contributed by atoms with van der Waals surface area (Å²) in [5, 5.41) is 7.20. The van der Waals surface area contributed by atoms with Gasteiger partial charge in [0.1, 0.15) is 12.1 Å². The summed E-state index contributed by atoms with van der Waals surface area (Å²) in [6.45, 7) is 0.388. The fraction of sp³-hybridized carbons (Fsp3) is 0.100. The molecule has 0 amide bonds. The molecule has 2 rings (SSSR count). The van der Waals surface area contributed by atoms with Gasteiger partial charge in [0, 0.05) is 0 Å². The number of aromatic nitrogens is 3. The van der Waals surface area contributed by atoms with Crippen LogP contribution in [0.25, 0.3) is 0 Å². The van der Waals surface area contributed by atoms with Gasteiger partial charge in [-0.1, -0.05) is 12.1 Å². The highest BCUT2D eigenvalue weighted by molar-refractivity contribution is 5.68. The molecule has 5 heteroatoms. The van der Waals surface area contributed by atoms with Crippen LogP contribution in [0.5, 0.6) is 0 Å². The molecule has 0 atom stereocenters. The van der Waals surface area contributed by atoms with E-state index in [9.17, 15) is 9.18 Å². The molecule has 1 heterocycles. The van der Waals surface area contributed by atoms with E-state index in [-0.39, 0.29) is 11.6 Å². The first-order chi connectivity index (χ1) is 7.29. The van der Waals surface area contributed by atoms with Gasteiger partial charge < -0.3 is 4.57 Å². The lowest BCUT2D eigenvalue weighted by molar-refractivity contribution is 0.111. The topological polar surface area (TPSA) is 47.8 Å². The van der Waals surface area contributed by atoms with Crippen molar-refractivity contribution in [1.82, 2.24) is 14.8 Å². The number of carbonyl (C=O) groups excluding carboxylic acids is 1. The van der Waals surface area contributed by atoms with Gasteiger partial charge in [0.15, 0.2) is 12.1 Å². The molecule has 0 spiro atoms. The number of rotatable bonds is 3. The molecular formula is C10H8FN3O. The van der Waals surface area contributed by atoms with E-state index in [1.807, 2.05) is 0 Å². The van der Waals surface area contributed by atoms with Crippen LogP contribution in [-0.2, 0) is 6.54 Å². The van der Waals surface area contributed by atoms with E-state index in [1.54, 1.807) is 16.7 Å². The lowest BCUT2D eigenvalue weighted by Gasteiger charge is -2.02. The normalized spacial score (nSPS) is 10.2. The minimum Gasteiger partial charge on any atom is -0.307 e. The number of hydrogen-bond donors (Lipinski definition) is 0. The van der Waals surface area contributed by atoms with Gasteiger partial charge in [-0.15, -0.1) is 10.2 Å². The quantitative estimate of drug-likeness (QED) is 0.709. The van der Waals surface area contributed by atoms with Crippen molar-refractivity contribution >= 4 is 6.29 Å². The lowest BCUT2D eigenvalue weighted by Crippen LogP contribution is -2.03. The molecule has 15 heavy (non-hydrogen) atoms. The number of nitrogens with zero attached hydrogens (tertiary/aromatic N) is 3. The molecule has 0 N–H and O–H groups in total. The highest BCUT2D eigenvalue weighted by Crippen LogP contribution is 2.06. The van der Waals surface area contributed by atoms with Crippen molar-refractivity contribution in [2.24, 2.45) is 0 Å². The van der Waals surface area contributed by atoms with Crippen LogP contribution in [0, 0.1) is 5.82 Å². The fourth-order valence-electron chi connectivity index (χ4n) is 1.31. The van der Waals surface area contributed by atoms with E-state index in [0.717, 1.165) is 5.56 Å². The van der Waals surface area contributed by atoms with Gasteiger partial charge in [0.25, 0.3) is 0 Å². The van der Waals surface area contributed by atoms with E-state index >= 15 is 0 Å². The van der Waals surface area contributed by atoms with E-state index in [0.29, 0.717) is 12.8 Å². The first kappa shape index (κ1) is 9.51. The summed E-state index contributed by atoms with van der Waals surface area (Å²) in [4.78, 5) is 10.5. The smallest absolute Gasteiger partial charge is 0.196 e. The van der Waals surface area contributed by atoms with E-state index < -0.39 is 0 Å². The van der Waals surface area contributed by atoms with E-state index in [1.165, 1.54) is 18.5 Å². The van der Waals surface area contributed by atoms with Crippen LogP contribution in [0.4, 0.5) is 4.39 Å². The Labute approximate surface area is 85.4 Å². The molecule has 0 saturated heterocycles. The first-order valence-corrected chi connectivity index (χ1v) is 4.37. The Hall–Kier alpha value is -2.04. The van der Waals surface area contributed by atoms with E-state index in [2.05, 4.69) is 10.2 Å². The predicted octanol–water partition coefficient (Wildman–Crippen LogP) is 1.28. The Morgan fingerprint density at radius 1 is 1.47 bits per heavy atom. The summed E-state index contributed by atoms with van der Waals surface area (Å²) < 4.78 is 14.4. The number of carbonyl (C=O) groups is 1. The zero-order valence-corrected chi connectivity index (χ0v) is 7.80. The highest BCUT2D eigenvalue weighted by Gasteiger charge is 2.03. The van der Waals surface area contributed by atoms with Gasteiger partial charge in [-0.3, -0.25) is 4.79 Å². The average Bonchev–Trinajstić information content (AvgIpc) is 2.65. The minimum absolute atomic E-state index is 0.235.